The number of rotatable bonds is 0. The summed E-state index contributed by atoms with van der Waals surface area (Å²) in [7, 11) is 0. The minimum atomic E-state index is -0.790. The molecule has 0 fully saturated rings. The molecule has 38 heavy (non-hydrogen) atoms. The first kappa shape index (κ1) is 32.2. The van der Waals surface area contributed by atoms with Crippen LogP contribution >= 0.6 is 0 Å². The molecule has 9 nitrogen and oxygen atoms in total. The predicted molar refractivity (Wildman–Crippen MR) is 149 cm³/mol. The monoisotopic (exact) mass is 530 g/mol. The van der Waals surface area contributed by atoms with Crippen molar-refractivity contribution in [3.63, 3.8) is 0 Å². The van der Waals surface area contributed by atoms with Crippen LogP contribution in [0, 0.1) is 0 Å². The Bertz CT molecular complexity index is 1040. The van der Waals surface area contributed by atoms with Crippen molar-refractivity contribution in [3.05, 3.63) is 73.3 Å². The second-order valence-electron chi connectivity index (χ2n) is 12.0. The standard InChI is InChI=1S/C10H16N2O.C9H13FN2O.C9H14N2O/c1-7-6-12(10(3,4)5)8(2)11-9(7)13;1-6-11-8(13)7(10)5-12(6)9(2,3)4;1-7-10-8(12)5-6-11(7)9(2,3)4/h6H,2H2,1,3-5H3,(H,11,13);5H,1H2,2-4H3,(H,11,13);5-6H,1H2,2-4H3,(H,10,12). The van der Waals surface area contributed by atoms with Crippen molar-refractivity contribution in [1.29, 1.82) is 0 Å². The van der Waals surface area contributed by atoms with E-state index in [1.807, 2.05) is 36.8 Å². The van der Waals surface area contributed by atoms with Gasteiger partial charge in [-0.2, -0.15) is 4.39 Å². The number of halogens is 1. The van der Waals surface area contributed by atoms with Gasteiger partial charge in [0.1, 0.15) is 17.5 Å². The summed E-state index contributed by atoms with van der Waals surface area (Å²) in [6, 6.07) is 0. The number of nitrogens with zero attached hydrogens (tertiary/aromatic N) is 3. The molecule has 0 unspecified atom stereocenters. The van der Waals surface area contributed by atoms with Crippen molar-refractivity contribution < 1.29 is 18.8 Å². The third-order valence-corrected chi connectivity index (χ3v) is 5.34. The van der Waals surface area contributed by atoms with Crippen LogP contribution in [0.25, 0.3) is 0 Å². The summed E-state index contributed by atoms with van der Waals surface area (Å²) in [5, 5.41) is 7.69. The Morgan fingerprint density at radius 2 is 1.05 bits per heavy atom. The maximum Gasteiger partial charge on any atom is 0.287 e. The van der Waals surface area contributed by atoms with Gasteiger partial charge in [-0.15, -0.1) is 0 Å². The van der Waals surface area contributed by atoms with Crippen LogP contribution in [0.4, 0.5) is 4.39 Å². The zero-order valence-corrected chi connectivity index (χ0v) is 24.4. The molecule has 0 atom stereocenters. The maximum absolute atomic E-state index is 12.9. The molecule has 0 saturated carbocycles. The molecule has 3 N–H and O–H groups in total. The van der Waals surface area contributed by atoms with Crippen molar-refractivity contribution in [1.82, 2.24) is 30.7 Å². The summed E-state index contributed by atoms with van der Waals surface area (Å²) in [6.45, 7) is 31.1. The highest BCUT2D eigenvalue weighted by Gasteiger charge is 2.29. The number of amides is 3. The molecular weight excluding hydrogens is 487 g/mol. The topological polar surface area (TPSA) is 97.0 Å². The molecule has 210 valence electrons. The largest absolute Gasteiger partial charge is 0.330 e. The lowest BCUT2D eigenvalue weighted by Gasteiger charge is -2.38. The van der Waals surface area contributed by atoms with Crippen LogP contribution in [-0.4, -0.2) is 49.0 Å². The van der Waals surface area contributed by atoms with E-state index in [2.05, 4.69) is 77.2 Å². The summed E-state index contributed by atoms with van der Waals surface area (Å²) < 4.78 is 12.9. The lowest BCUT2D eigenvalue weighted by molar-refractivity contribution is -0.119. The van der Waals surface area contributed by atoms with E-state index >= 15 is 0 Å². The Hall–Kier alpha value is -3.82. The van der Waals surface area contributed by atoms with Crippen LogP contribution in [-0.2, 0) is 14.4 Å². The molecule has 3 aliphatic heterocycles. The molecule has 0 bridgehead atoms. The van der Waals surface area contributed by atoms with E-state index in [4.69, 9.17) is 0 Å². The van der Waals surface area contributed by atoms with Crippen LogP contribution in [0.2, 0.25) is 0 Å². The highest BCUT2D eigenvalue weighted by atomic mass is 19.1. The van der Waals surface area contributed by atoms with E-state index in [-0.39, 0.29) is 28.4 Å². The zero-order valence-electron chi connectivity index (χ0n) is 24.4. The zero-order chi connectivity index (χ0) is 29.8. The molecule has 0 aromatic carbocycles. The Balaban J connectivity index is 0.000000285. The van der Waals surface area contributed by atoms with Gasteiger partial charge in [0.15, 0.2) is 0 Å². The smallest absolute Gasteiger partial charge is 0.287 e. The van der Waals surface area contributed by atoms with Crippen LogP contribution in [0.15, 0.2) is 73.3 Å². The maximum atomic E-state index is 12.9. The average Bonchev–Trinajstić information content (AvgIpc) is 2.71. The van der Waals surface area contributed by atoms with Crippen molar-refractivity contribution in [3.8, 4) is 0 Å². The quantitative estimate of drug-likeness (QED) is 0.432. The second-order valence-corrected chi connectivity index (χ2v) is 12.0. The third-order valence-electron chi connectivity index (χ3n) is 5.34. The highest BCUT2D eigenvalue weighted by Crippen LogP contribution is 2.23. The molecular formula is C28H43FN6O3. The number of hydrogen-bond acceptors (Lipinski definition) is 6. The molecule has 10 heteroatoms. The molecule has 0 aromatic heterocycles. The van der Waals surface area contributed by atoms with E-state index in [9.17, 15) is 18.8 Å². The van der Waals surface area contributed by atoms with Crippen molar-refractivity contribution in [2.45, 2.75) is 85.9 Å². The highest BCUT2D eigenvalue weighted by molar-refractivity contribution is 5.95. The number of carbonyl (C=O) groups excluding carboxylic acids is 3. The molecule has 0 spiro atoms. The van der Waals surface area contributed by atoms with E-state index in [0.717, 1.165) is 0 Å². The van der Waals surface area contributed by atoms with Gasteiger partial charge in [0.05, 0.1) is 0 Å². The van der Waals surface area contributed by atoms with E-state index in [1.54, 1.807) is 18.0 Å². The SMILES string of the molecule is C=C1NC(=O)C(C)=CN1C(C)(C)C.C=C1NC(=O)C(F)=CN1C(C)(C)C.C=C1NC(=O)C=CN1C(C)(C)C. The third kappa shape index (κ3) is 8.93. The fourth-order valence-electron chi connectivity index (χ4n) is 3.42. The van der Waals surface area contributed by atoms with Crippen LogP contribution < -0.4 is 16.0 Å². The van der Waals surface area contributed by atoms with Gasteiger partial charge >= 0.3 is 0 Å². The van der Waals surface area contributed by atoms with Crippen molar-refractivity contribution in [2.24, 2.45) is 0 Å². The first-order chi connectivity index (χ1) is 17.1. The van der Waals surface area contributed by atoms with Gasteiger partial charge < -0.3 is 30.7 Å². The van der Waals surface area contributed by atoms with Crippen molar-refractivity contribution in [2.75, 3.05) is 0 Å². The summed E-state index contributed by atoms with van der Waals surface area (Å²) >= 11 is 0. The molecule has 3 rings (SSSR count). The normalized spacial score (nSPS) is 18.3. The molecule has 3 heterocycles. The first-order valence-corrected chi connectivity index (χ1v) is 12.2. The van der Waals surface area contributed by atoms with E-state index < -0.39 is 11.7 Å². The Labute approximate surface area is 226 Å². The Morgan fingerprint density at radius 1 is 0.658 bits per heavy atom. The van der Waals surface area contributed by atoms with E-state index in [0.29, 0.717) is 23.0 Å². The lowest BCUT2D eigenvalue weighted by Crippen LogP contribution is -2.46. The first-order valence-electron chi connectivity index (χ1n) is 12.2. The van der Waals surface area contributed by atoms with Crippen LogP contribution in [0.1, 0.15) is 69.2 Å². The summed E-state index contributed by atoms with van der Waals surface area (Å²) in [6.07, 6.45) is 6.25. The van der Waals surface area contributed by atoms with Gasteiger partial charge in [0.2, 0.25) is 5.83 Å². The van der Waals surface area contributed by atoms with Gasteiger partial charge in [-0.05, 0) is 69.2 Å². The minimum absolute atomic E-state index is 0.0404. The predicted octanol–water partition coefficient (Wildman–Crippen LogP) is 4.29. The average molecular weight is 531 g/mol. The molecule has 0 aromatic rings. The summed E-state index contributed by atoms with van der Waals surface area (Å²) in [5.41, 5.74) is 0.331. The van der Waals surface area contributed by atoms with Gasteiger partial charge in [-0.3, -0.25) is 14.4 Å². The van der Waals surface area contributed by atoms with Crippen molar-refractivity contribution >= 4 is 17.7 Å². The van der Waals surface area contributed by atoms with Gasteiger partial charge in [0, 0.05) is 46.9 Å². The fraction of sp³-hybridized carbons (Fsp3) is 0.464. The van der Waals surface area contributed by atoms with Crippen LogP contribution in [0.5, 0.6) is 0 Å². The van der Waals surface area contributed by atoms with Crippen LogP contribution in [0.3, 0.4) is 0 Å². The molecule has 0 radical (unpaired) electrons. The number of hydrogen-bond donors (Lipinski definition) is 3. The number of nitrogens with one attached hydrogen (secondary N) is 3. The van der Waals surface area contributed by atoms with E-state index in [1.165, 1.54) is 12.3 Å². The van der Waals surface area contributed by atoms with Gasteiger partial charge in [-0.25, -0.2) is 0 Å². The summed E-state index contributed by atoms with van der Waals surface area (Å²) in [4.78, 5) is 38.4. The summed E-state index contributed by atoms with van der Waals surface area (Å²) in [5.74, 6) is -0.0178. The fourth-order valence-corrected chi connectivity index (χ4v) is 3.42. The molecule has 0 saturated heterocycles. The Kier molecular flexibility index (Phi) is 9.92. The second kappa shape index (κ2) is 11.7. The van der Waals surface area contributed by atoms with Gasteiger partial charge in [-0.1, -0.05) is 19.7 Å². The number of carbonyl (C=O) groups is 3. The molecule has 0 aliphatic carbocycles. The minimum Gasteiger partial charge on any atom is -0.330 e. The molecule has 3 amide bonds. The Morgan fingerprint density at radius 3 is 1.47 bits per heavy atom. The lowest BCUT2D eigenvalue weighted by atomic mass is 10.1. The van der Waals surface area contributed by atoms with Gasteiger partial charge in [0.25, 0.3) is 17.7 Å². The molecule has 3 aliphatic rings.